The SMILES string of the molecule is NC1CCCC1CNc1nc2ccccc2s1. The van der Waals surface area contributed by atoms with Crippen LogP contribution in [-0.2, 0) is 0 Å². The third kappa shape index (κ3) is 2.28. The van der Waals surface area contributed by atoms with E-state index in [4.69, 9.17) is 5.73 Å². The Morgan fingerprint density at radius 2 is 2.24 bits per heavy atom. The second-order valence-electron chi connectivity index (χ2n) is 4.72. The molecule has 0 bridgehead atoms. The van der Waals surface area contributed by atoms with Crippen molar-refractivity contribution in [2.75, 3.05) is 11.9 Å². The number of para-hydroxylation sites is 1. The van der Waals surface area contributed by atoms with Crippen molar-refractivity contribution in [3.63, 3.8) is 0 Å². The highest BCUT2D eigenvalue weighted by Crippen LogP contribution is 2.28. The van der Waals surface area contributed by atoms with Crippen LogP contribution >= 0.6 is 11.3 Å². The molecule has 90 valence electrons. The molecule has 17 heavy (non-hydrogen) atoms. The largest absolute Gasteiger partial charge is 0.361 e. The molecule has 1 saturated carbocycles. The number of nitrogens with two attached hydrogens (primary N) is 1. The fourth-order valence-electron chi connectivity index (χ4n) is 2.49. The Morgan fingerprint density at radius 3 is 3.00 bits per heavy atom. The van der Waals surface area contributed by atoms with Gasteiger partial charge in [0.15, 0.2) is 5.13 Å². The lowest BCUT2D eigenvalue weighted by Gasteiger charge is -2.15. The van der Waals surface area contributed by atoms with Gasteiger partial charge in [-0.1, -0.05) is 29.9 Å². The predicted molar refractivity (Wildman–Crippen MR) is 73.4 cm³/mol. The average molecular weight is 247 g/mol. The molecule has 1 aliphatic rings. The number of aromatic nitrogens is 1. The van der Waals surface area contributed by atoms with Gasteiger partial charge < -0.3 is 11.1 Å². The van der Waals surface area contributed by atoms with Crippen molar-refractivity contribution in [1.82, 2.24) is 4.98 Å². The third-order valence-corrected chi connectivity index (χ3v) is 4.52. The summed E-state index contributed by atoms with van der Waals surface area (Å²) >= 11 is 1.72. The quantitative estimate of drug-likeness (QED) is 0.877. The van der Waals surface area contributed by atoms with Crippen LogP contribution in [-0.4, -0.2) is 17.6 Å². The Morgan fingerprint density at radius 1 is 1.35 bits per heavy atom. The first kappa shape index (κ1) is 11.0. The summed E-state index contributed by atoms with van der Waals surface area (Å²) in [6.45, 7) is 0.959. The molecule has 1 aromatic heterocycles. The Bertz CT molecular complexity index is 475. The Hall–Kier alpha value is -1.13. The minimum absolute atomic E-state index is 0.372. The van der Waals surface area contributed by atoms with Crippen molar-refractivity contribution >= 4 is 26.7 Å². The molecule has 0 radical (unpaired) electrons. The molecule has 3 nitrogen and oxygen atoms in total. The summed E-state index contributed by atoms with van der Waals surface area (Å²) in [5, 5.41) is 4.45. The topological polar surface area (TPSA) is 50.9 Å². The summed E-state index contributed by atoms with van der Waals surface area (Å²) in [4.78, 5) is 4.57. The van der Waals surface area contributed by atoms with E-state index in [9.17, 15) is 0 Å². The van der Waals surface area contributed by atoms with Crippen LogP contribution in [0.2, 0.25) is 0 Å². The number of rotatable bonds is 3. The highest BCUT2D eigenvalue weighted by atomic mass is 32.1. The molecule has 3 N–H and O–H groups in total. The van der Waals surface area contributed by atoms with E-state index in [2.05, 4.69) is 28.5 Å². The molecule has 4 heteroatoms. The summed E-state index contributed by atoms with van der Waals surface area (Å²) in [5.74, 6) is 0.613. The van der Waals surface area contributed by atoms with Crippen molar-refractivity contribution in [1.29, 1.82) is 0 Å². The maximum atomic E-state index is 6.06. The van der Waals surface area contributed by atoms with Crippen LogP contribution in [0.1, 0.15) is 19.3 Å². The monoisotopic (exact) mass is 247 g/mol. The van der Waals surface area contributed by atoms with Gasteiger partial charge in [0.2, 0.25) is 0 Å². The van der Waals surface area contributed by atoms with Crippen LogP contribution in [0.3, 0.4) is 0 Å². The summed E-state index contributed by atoms with van der Waals surface area (Å²) in [6, 6.07) is 8.62. The molecular weight excluding hydrogens is 230 g/mol. The molecule has 2 unspecified atom stereocenters. The van der Waals surface area contributed by atoms with E-state index < -0.39 is 0 Å². The van der Waals surface area contributed by atoms with Crippen molar-refractivity contribution in [2.45, 2.75) is 25.3 Å². The van der Waals surface area contributed by atoms with Crippen molar-refractivity contribution in [3.8, 4) is 0 Å². The zero-order valence-corrected chi connectivity index (χ0v) is 10.5. The maximum absolute atomic E-state index is 6.06. The molecule has 0 aliphatic heterocycles. The third-order valence-electron chi connectivity index (χ3n) is 3.53. The first-order chi connectivity index (χ1) is 8.33. The van der Waals surface area contributed by atoms with Gasteiger partial charge in [-0.25, -0.2) is 4.98 Å². The van der Waals surface area contributed by atoms with E-state index in [-0.39, 0.29) is 0 Å². The second kappa shape index (κ2) is 4.63. The molecule has 0 spiro atoms. The first-order valence-electron chi connectivity index (χ1n) is 6.18. The highest BCUT2D eigenvalue weighted by Gasteiger charge is 2.23. The van der Waals surface area contributed by atoms with Gasteiger partial charge in [0.05, 0.1) is 10.2 Å². The van der Waals surface area contributed by atoms with Crippen LogP contribution in [0.15, 0.2) is 24.3 Å². The van der Waals surface area contributed by atoms with Gasteiger partial charge in [-0.15, -0.1) is 0 Å². The zero-order valence-electron chi connectivity index (χ0n) is 9.73. The standard InChI is InChI=1S/C13H17N3S/c14-10-5-3-4-9(10)8-15-13-16-11-6-1-2-7-12(11)17-13/h1-2,6-7,9-10H,3-5,8,14H2,(H,15,16). The van der Waals surface area contributed by atoms with Crippen LogP contribution < -0.4 is 11.1 Å². The number of benzene rings is 1. The van der Waals surface area contributed by atoms with Crippen molar-refractivity contribution in [3.05, 3.63) is 24.3 Å². The van der Waals surface area contributed by atoms with Gasteiger partial charge in [0.25, 0.3) is 0 Å². The second-order valence-corrected chi connectivity index (χ2v) is 5.75. The fourth-order valence-corrected chi connectivity index (χ4v) is 3.36. The van der Waals surface area contributed by atoms with E-state index >= 15 is 0 Å². The molecule has 0 saturated heterocycles. The number of fused-ring (bicyclic) bond motifs is 1. The predicted octanol–water partition coefficient (Wildman–Crippen LogP) is 2.84. The number of hydrogen-bond acceptors (Lipinski definition) is 4. The number of nitrogens with zero attached hydrogens (tertiary/aromatic N) is 1. The Kier molecular flexibility index (Phi) is 2.99. The summed E-state index contributed by atoms with van der Waals surface area (Å²) in [5.41, 5.74) is 7.14. The van der Waals surface area contributed by atoms with Crippen LogP contribution in [0.25, 0.3) is 10.2 Å². The summed E-state index contributed by atoms with van der Waals surface area (Å²) in [6.07, 6.45) is 3.69. The molecule has 3 rings (SSSR count). The zero-order chi connectivity index (χ0) is 11.7. The summed E-state index contributed by atoms with van der Waals surface area (Å²) in [7, 11) is 0. The van der Waals surface area contributed by atoms with E-state index in [1.807, 2.05) is 6.07 Å². The molecule has 1 aromatic carbocycles. The summed E-state index contributed by atoms with van der Waals surface area (Å²) < 4.78 is 1.24. The van der Waals surface area contributed by atoms with Gasteiger partial charge >= 0.3 is 0 Å². The van der Waals surface area contributed by atoms with Gasteiger partial charge in [0.1, 0.15) is 0 Å². The minimum atomic E-state index is 0.372. The van der Waals surface area contributed by atoms with Gasteiger partial charge in [-0.3, -0.25) is 0 Å². The van der Waals surface area contributed by atoms with Crippen LogP contribution in [0.5, 0.6) is 0 Å². The Balaban J connectivity index is 1.68. The van der Waals surface area contributed by atoms with E-state index in [0.717, 1.165) is 17.2 Å². The van der Waals surface area contributed by atoms with E-state index in [1.165, 1.54) is 24.0 Å². The molecule has 1 fully saturated rings. The lowest BCUT2D eigenvalue weighted by atomic mass is 10.1. The number of anilines is 1. The molecular formula is C13H17N3S. The molecule has 1 heterocycles. The smallest absolute Gasteiger partial charge is 0.183 e. The normalized spacial score (nSPS) is 24.3. The van der Waals surface area contributed by atoms with E-state index in [1.54, 1.807) is 11.3 Å². The number of nitrogens with one attached hydrogen (secondary N) is 1. The van der Waals surface area contributed by atoms with Crippen LogP contribution in [0, 0.1) is 5.92 Å². The van der Waals surface area contributed by atoms with Gasteiger partial charge in [-0.05, 0) is 30.9 Å². The molecule has 2 atom stereocenters. The average Bonchev–Trinajstić information content (AvgIpc) is 2.92. The molecule has 1 aliphatic carbocycles. The minimum Gasteiger partial charge on any atom is -0.361 e. The van der Waals surface area contributed by atoms with Crippen molar-refractivity contribution < 1.29 is 0 Å². The van der Waals surface area contributed by atoms with Gasteiger partial charge in [0, 0.05) is 12.6 Å². The Labute approximate surface area is 105 Å². The lowest BCUT2D eigenvalue weighted by Crippen LogP contribution is -2.29. The highest BCUT2D eigenvalue weighted by molar-refractivity contribution is 7.22. The molecule has 2 aromatic rings. The maximum Gasteiger partial charge on any atom is 0.183 e. The number of hydrogen-bond donors (Lipinski definition) is 2. The van der Waals surface area contributed by atoms with Gasteiger partial charge in [-0.2, -0.15) is 0 Å². The number of thiazole rings is 1. The molecule has 0 amide bonds. The lowest BCUT2D eigenvalue weighted by molar-refractivity contribution is 0.505. The van der Waals surface area contributed by atoms with E-state index in [0.29, 0.717) is 12.0 Å². The first-order valence-corrected chi connectivity index (χ1v) is 6.99. The van der Waals surface area contributed by atoms with Crippen molar-refractivity contribution in [2.24, 2.45) is 11.7 Å². The van der Waals surface area contributed by atoms with Crippen LogP contribution in [0.4, 0.5) is 5.13 Å². The fraction of sp³-hybridized carbons (Fsp3) is 0.462.